The molecule has 5 heteroatoms. The fraction of sp³-hybridized carbons (Fsp3) is 0.400. The second kappa shape index (κ2) is 4.71. The molecule has 1 aromatic rings. The highest BCUT2D eigenvalue weighted by atomic mass is 79.9. The lowest BCUT2D eigenvalue weighted by Crippen LogP contribution is -2.34. The van der Waals surface area contributed by atoms with Crippen molar-refractivity contribution in [1.82, 2.24) is 0 Å². The normalized spacial score (nSPS) is 20.7. The monoisotopic (exact) mass is 332 g/mol. The van der Waals surface area contributed by atoms with Gasteiger partial charge in [-0.2, -0.15) is 5.26 Å². The van der Waals surface area contributed by atoms with Crippen molar-refractivity contribution < 1.29 is 9.59 Å². The van der Waals surface area contributed by atoms with E-state index < -0.39 is 5.41 Å². The van der Waals surface area contributed by atoms with Gasteiger partial charge in [0.05, 0.1) is 16.7 Å². The smallest absolute Gasteiger partial charge is 0.240 e. The number of carbonyl (C=O) groups excluding carboxylic acids is 2. The summed E-state index contributed by atoms with van der Waals surface area (Å²) in [6.45, 7) is 0. The van der Waals surface area contributed by atoms with E-state index in [1.54, 1.807) is 18.2 Å². The number of nitriles is 1. The van der Waals surface area contributed by atoms with Crippen LogP contribution in [0.5, 0.6) is 0 Å². The fourth-order valence-electron chi connectivity index (χ4n) is 3.27. The van der Waals surface area contributed by atoms with Gasteiger partial charge in [0, 0.05) is 10.9 Å². The third-order valence-corrected chi connectivity index (χ3v) is 4.77. The van der Waals surface area contributed by atoms with Gasteiger partial charge in [-0.15, -0.1) is 0 Å². The Hall–Kier alpha value is -1.67. The van der Waals surface area contributed by atoms with Gasteiger partial charge in [-0.3, -0.25) is 9.59 Å². The summed E-state index contributed by atoms with van der Waals surface area (Å²) in [5, 5.41) is 9.21. The molecular weight excluding hydrogens is 320 g/mol. The highest BCUT2D eigenvalue weighted by Crippen LogP contribution is 2.48. The van der Waals surface area contributed by atoms with Crippen molar-refractivity contribution >= 4 is 33.4 Å². The number of halogens is 1. The van der Waals surface area contributed by atoms with Crippen molar-refractivity contribution in [2.45, 2.75) is 32.1 Å². The summed E-state index contributed by atoms with van der Waals surface area (Å²) in [7, 11) is 0. The molecule has 4 nitrogen and oxygen atoms in total. The number of hydrogen-bond donors (Lipinski definition) is 0. The summed E-state index contributed by atoms with van der Waals surface area (Å²) < 4.78 is 0.757. The third-order valence-electron chi connectivity index (χ3n) is 4.28. The number of hydrogen-bond acceptors (Lipinski definition) is 3. The lowest BCUT2D eigenvalue weighted by atomic mass is 9.84. The van der Waals surface area contributed by atoms with E-state index in [0.717, 1.165) is 30.2 Å². The minimum absolute atomic E-state index is 0.126. The predicted octanol–water partition coefficient (Wildman–Crippen LogP) is 3.14. The quantitative estimate of drug-likeness (QED) is 0.742. The summed E-state index contributed by atoms with van der Waals surface area (Å²) >= 11 is 3.30. The van der Waals surface area contributed by atoms with Crippen molar-refractivity contribution in [3.63, 3.8) is 0 Å². The molecule has 0 N–H and O–H groups in total. The van der Waals surface area contributed by atoms with Gasteiger partial charge in [0.25, 0.3) is 0 Å². The Balaban J connectivity index is 2.05. The van der Waals surface area contributed by atoms with Crippen LogP contribution in [0.3, 0.4) is 0 Å². The van der Waals surface area contributed by atoms with E-state index in [0.29, 0.717) is 11.3 Å². The summed E-state index contributed by atoms with van der Waals surface area (Å²) in [5.41, 5.74) is 0.252. The molecule has 0 aromatic heterocycles. The van der Waals surface area contributed by atoms with E-state index >= 15 is 0 Å². The van der Waals surface area contributed by atoms with E-state index in [9.17, 15) is 14.9 Å². The number of rotatable bonds is 1. The zero-order chi connectivity index (χ0) is 14.3. The van der Waals surface area contributed by atoms with Crippen molar-refractivity contribution in [3.8, 4) is 6.07 Å². The zero-order valence-corrected chi connectivity index (χ0v) is 12.4. The van der Waals surface area contributed by atoms with Crippen LogP contribution < -0.4 is 4.90 Å². The van der Waals surface area contributed by atoms with Crippen molar-refractivity contribution in [1.29, 1.82) is 5.26 Å². The number of carbonyl (C=O) groups is 2. The Morgan fingerprint density at radius 1 is 1.25 bits per heavy atom. The molecule has 0 bridgehead atoms. The largest absolute Gasteiger partial charge is 0.274 e. The molecule has 0 atom stereocenters. The van der Waals surface area contributed by atoms with E-state index in [-0.39, 0.29) is 18.2 Å². The second-order valence-electron chi connectivity index (χ2n) is 5.47. The minimum Gasteiger partial charge on any atom is -0.274 e. The van der Waals surface area contributed by atoms with Gasteiger partial charge in [0.1, 0.15) is 6.07 Å². The number of amides is 2. The van der Waals surface area contributed by atoms with Crippen LogP contribution in [0, 0.1) is 16.7 Å². The highest BCUT2D eigenvalue weighted by Gasteiger charge is 2.53. The molecule has 1 aromatic carbocycles. The molecule has 3 rings (SSSR count). The van der Waals surface area contributed by atoms with Gasteiger partial charge in [0.15, 0.2) is 0 Å². The van der Waals surface area contributed by atoms with Gasteiger partial charge in [-0.25, -0.2) is 4.90 Å². The predicted molar refractivity (Wildman–Crippen MR) is 76.9 cm³/mol. The first-order chi connectivity index (χ1) is 9.57. The molecule has 102 valence electrons. The molecule has 1 aliphatic heterocycles. The van der Waals surface area contributed by atoms with Gasteiger partial charge >= 0.3 is 0 Å². The minimum atomic E-state index is -0.503. The van der Waals surface area contributed by atoms with E-state index in [4.69, 9.17) is 0 Å². The van der Waals surface area contributed by atoms with Crippen LogP contribution >= 0.6 is 15.9 Å². The first-order valence-corrected chi connectivity index (χ1v) is 7.44. The molecule has 0 unspecified atom stereocenters. The molecule has 1 spiro atoms. The average Bonchev–Trinajstić information content (AvgIpc) is 2.98. The fourth-order valence-corrected chi connectivity index (χ4v) is 3.63. The molecule has 1 aliphatic carbocycles. The standard InChI is InChI=1S/C15H13BrN2O2/c16-11-3-4-12(10(7-11)9-17)18-13(19)8-15(14(18)20)5-1-2-6-15/h3-4,7H,1-2,5-6,8H2. The van der Waals surface area contributed by atoms with Crippen LogP contribution in [0.1, 0.15) is 37.7 Å². The molecule has 2 fully saturated rings. The first-order valence-electron chi connectivity index (χ1n) is 6.64. The van der Waals surface area contributed by atoms with Gasteiger partial charge in [-0.05, 0) is 31.0 Å². The first kappa shape index (κ1) is 13.3. The maximum atomic E-state index is 12.7. The lowest BCUT2D eigenvalue weighted by molar-refractivity contribution is -0.125. The number of imide groups is 1. The molecule has 2 amide bonds. The van der Waals surface area contributed by atoms with Crippen LogP contribution in [0.2, 0.25) is 0 Å². The molecular formula is C15H13BrN2O2. The molecule has 1 heterocycles. The Morgan fingerprint density at radius 2 is 1.95 bits per heavy atom. The highest BCUT2D eigenvalue weighted by molar-refractivity contribution is 9.10. The topological polar surface area (TPSA) is 61.2 Å². The SMILES string of the molecule is N#Cc1cc(Br)ccc1N1C(=O)CC2(CCCC2)C1=O. The summed E-state index contributed by atoms with van der Waals surface area (Å²) in [6, 6.07) is 7.10. The van der Waals surface area contributed by atoms with Gasteiger partial charge in [-0.1, -0.05) is 28.8 Å². The summed E-state index contributed by atoms with van der Waals surface area (Å²) in [6.07, 6.45) is 3.85. The lowest BCUT2D eigenvalue weighted by Gasteiger charge is -2.21. The van der Waals surface area contributed by atoms with Crippen LogP contribution in [0.25, 0.3) is 0 Å². The van der Waals surface area contributed by atoms with Crippen LogP contribution in [-0.4, -0.2) is 11.8 Å². The number of anilines is 1. The number of nitrogens with zero attached hydrogens (tertiary/aromatic N) is 2. The van der Waals surface area contributed by atoms with E-state index in [1.165, 1.54) is 4.90 Å². The van der Waals surface area contributed by atoms with Crippen LogP contribution in [-0.2, 0) is 9.59 Å². The molecule has 1 saturated heterocycles. The summed E-state index contributed by atoms with van der Waals surface area (Å²) in [5.74, 6) is -0.311. The Bertz CT molecular complexity index is 642. The number of benzene rings is 1. The molecule has 20 heavy (non-hydrogen) atoms. The zero-order valence-electron chi connectivity index (χ0n) is 10.9. The second-order valence-corrected chi connectivity index (χ2v) is 6.39. The molecule has 1 saturated carbocycles. The van der Waals surface area contributed by atoms with Crippen LogP contribution in [0.4, 0.5) is 5.69 Å². The maximum absolute atomic E-state index is 12.7. The Morgan fingerprint density at radius 3 is 2.60 bits per heavy atom. The summed E-state index contributed by atoms with van der Waals surface area (Å²) in [4.78, 5) is 26.2. The van der Waals surface area contributed by atoms with E-state index in [2.05, 4.69) is 22.0 Å². The average molecular weight is 333 g/mol. The Kier molecular flexibility index (Phi) is 3.14. The van der Waals surface area contributed by atoms with Gasteiger partial charge in [0.2, 0.25) is 11.8 Å². The molecule has 2 aliphatic rings. The van der Waals surface area contributed by atoms with Crippen molar-refractivity contribution in [2.75, 3.05) is 4.90 Å². The maximum Gasteiger partial charge on any atom is 0.240 e. The van der Waals surface area contributed by atoms with Crippen molar-refractivity contribution in [3.05, 3.63) is 28.2 Å². The van der Waals surface area contributed by atoms with Gasteiger partial charge < -0.3 is 0 Å². The Labute approximate surface area is 125 Å². The van der Waals surface area contributed by atoms with E-state index in [1.807, 2.05) is 0 Å². The van der Waals surface area contributed by atoms with Crippen molar-refractivity contribution in [2.24, 2.45) is 5.41 Å². The van der Waals surface area contributed by atoms with Crippen LogP contribution in [0.15, 0.2) is 22.7 Å². The molecule has 0 radical (unpaired) electrons. The third kappa shape index (κ3) is 1.87.